The molecule has 0 amide bonds. The molecule has 0 saturated carbocycles. The van der Waals surface area contributed by atoms with Gasteiger partial charge in [0.15, 0.2) is 0 Å². The first kappa shape index (κ1) is 29.5. The first-order chi connectivity index (χ1) is 19.6. The second-order valence-electron chi connectivity index (χ2n) is 11.3. The highest BCUT2D eigenvalue weighted by molar-refractivity contribution is 7.89. The van der Waals surface area contributed by atoms with Crippen LogP contribution in [0.25, 0.3) is 10.9 Å². The zero-order valence-corrected chi connectivity index (χ0v) is 25.4. The molecule has 5 rings (SSSR count). The average Bonchev–Trinajstić information content (AvgIpc) is 3.37. The molecule has 1 N–H and O–H groups in total. The van der Waals surface area contributed by atoms with Crippen molar-refractivity contribution in [1.29, 1.82) is 0 Å². The minimum atomic E-state index is -3.82. The van der Waals surface area contributed by atoms with E-state index in [1.54, 1.807) is 18.3 Å². The van der Waals surface area contributed by atoms with Gasteiger partial charge in [-0.15, -0.1) is 6.58 Å². The number of sulfonamides is 1. The molecule has 4 heterocycles. The predicted octanol–water partition coefficient (Wildman–Crippen LogP) is 3.72. The third kappa shape index (κ3) is 6.13. The minimum Gasteiger partial charge on any atom is -0.357 e. The minimum absolute atomic E-state index is 0.108. The van der Waals surface area contributed by atoms with Crippen molar-refractivity contribution in [3.8, 4) is 0 Å². The van der Waals surface area contributed by atoms with Crippen LogP contribution in [0.1, 0.15) is 30.7 Å². The molecule has 0 bridgehead atoms. The highest BCUT2D eigenvalue weighted by Crippen LogP contribution is 2.33. The van der Waals surface area contributed by atoms with Crippen LogP contribution < -0.4 is 9.80 Å². The Morgan fingerprint density at radius 2 is 1.95 bits per heavy atom. The van der Waals surface area contributed by atoms with Gasteiger partial charge in [-0.3, -0.25) is 4.90 Å². The van der Waals surface area contributed by atoms with Crippen LogP contribution in [0.4, 0.5) is 11.8 Å². The normalized spacial score (nSPS) is 22.1. The zero-order valence-electron chi connectivity index (χ0n) is 23.8. The lowest BCUT2D eigenvalue weighted by Gasteiger charge is -2.45. The first-order valence-electron chi connectivity index (χ1n) is 14.0. The molecule has 3 atom stereocenters. The van der Waals surface area contributed by atoms with Crippen LogP contribution in [-0.4, -0.2) is 97.8 Å². The zero-order chi connectivity index (χ0) is 29.3. The van der Waals surface area contributed by atoms with Gasteiger partial charge in [-0.2, -0.15) is 9.29 Å². The molecule has 2 aliphatic heterocycles. The van der Waals surface area contributed by atoms with E-state index in [0.717, 1.165) is 55.5 Å². The van der Waals surface area contributed by atoms with Crippen molar-refractivity contribution in [1.82, 2.24) is 24.2 Å². The maximum Gasteiger partial charge on any atom is 0.226 e. The van der Waals surface area contributed by atoms with Gasteiger partial charge in [-0.05, 0) is 55.3 Å². The number of hydrogen-bond acceptors (Lipinski definition) is 8. The van der Waals surface area contributed by atoms with Crippen molar-refractivity contribution in [3.05, 3.63) is 59.9 Å². The molecule has 10 nitrogen and oxygen atoms in total. The van der Waals surface area contributed by atoms with E-state index >= 15 is 0 Å². The molecule has 1 aromatic carbocycles. The maximum absolute atomic E-state index is 13.9. The second-order valence-corrected chi connectivity index (χ2v) is 13.8. The van der Waals surface area contributed by atoms with E-state index in [4.69, 9.17) is 11.6 Å². The lowest BCUT2D eigenvalue weighted by Crippen LogP contribution is -2.61. The van der Waals surface area contributed by atoms with E-state index in [1.807, 2.05) is 44.1 Å². The number of carbonyl (C=O) groups excluding carboxylic acids is 1. The third-order valence-corrected chi connectivity index (χ3v) is 10.6. The van der Waals surface area contributed by atoms with Crippen LogP contribution in [0.5, 0.6) is 0 Å². The first-order valence-corrected chi connectivity index (χ1v) is 15.8. The molecule has 41 heavy (non-hydrogen) atoms. The van der Waals surface area contributed by atoms with Crippen molar-refractivity contribution >= 4 is 50.6 Å². The van der Waals surface area contributed by atoms with Crippen LogP contribution in [-0.2, 0) is 14.8 Å². The van der Waals surface area contributed by atoms with Crippen LogP contribution in [0.15, 0.2) is 49.2 Å². The van der Waals surface area contributed by atoms with Crippen LogP contribution in [0, 0.1) is 5.92 Å². The Morgan fingerprint density at radius 3 is 2.63 bits per heavy atom. The van der Waals surface area contributed by atoms with Gasteiger partial charge < -0.3 is 19.6 Å². The van der Waals surface area contributed by atoms with Crippen LogP contribution in [0.3, 0.4) is 0 Å². The lowest BCUT2D eigenvalue weighted by molar-refractivity contribution is -0.115. The van der Waals surface area contributed by atoms with E-state index in [1.165, 1.54) is 10.4 Å². The van der Waals surface area contributed by atoms with E-state index in [2.05, 4.69) is 31.3 Å². The number of hydrogen-bond donors (Lipinski definition) is 1. The monoisotopic (exact) mass is 599 g/mol. The molecule has 2 saturated heterocycles. The number of halogens is 1. The number of benzene rings is 1. The summed E-state index contributed by atoms with van der Waals surface area (Å²) in [7, 11) is 0.0331. The van der Waals surface area contributed by atoms with E-state index in [9.17, 15) is 13.2 Å². The summed E-state index contributed by atoms with van der Waals surface area (Å²) >= 11 is 6.12. The predicted molar refractivity (Wildman–Crippen MR) is 164 cm³/mol. The number of nitrogens with one attached hydrogen (secondary N) is 1. The maximum atomic E-state index is 13.9. The number of nitrogens with zero attached hydrogens (tertiary/aromatic N) is 6. The number of H-pyrrole nitrogens is 1. The summed E-state index contributed by atoms with van der Waals surface area (Å²) in [6, 6.07) is 8.55. The average molecular weight is 600 g/mol. The molecule has 0 aliphatic carbocycles. The van der Waals surface area contributed by atoms with E-state index < -0.39 is 21.3 Å². The summed E-state index contributed by atoms with van der Waals surface area (Å²) in [5.74, 6) is 2.02. The highest BCUT2D eigenvalue weighted by Gasteiger charge is 2.41. The van der Waals surface area contributed by atoms with Crippen molar-refractivity contribution in [2.24, 2.45) is 5.92 Å². The van der Waals surface area contributed by atoms with Gasteiger partial charge >= 0.3 is 0 Å². The Morgan fingerprint density at radius 1 is 1.20 bits per heavy atom. The number of aromatic nitrogens is 3. The quantitative estimate of drug-likeness (QED) is 0.293. The van der Waals surface area contributed by atoms with Crippen molar-refractivity contribution < 1.29 is 13.2 Å². The van der Waals surface area contributed by atoms with Gasteiger partial charge in [0.2, 0.25) is 16.0 Å². The second kappa shape index (κ2) is 12.1. The molecule has 3 unspecified atom stereocenters. The van der Waals surface area contributed by atoms with Gasteiger partial charge in [0.1, 0.15) is 17.4 Å². The summed E-state index contributed by atoms with van der Waals surface area (Å²) in [5.41, 5.74) is 1.30. The molecule has 2 fully saturated rings. The lowest BCUT2D eigenvalue weighted by atomic mass is 9.94. The fourth-order valence-electron chi connectivity index (χ4n) is 5.98. The summed E-state index contributed by atoms with van der Waals surface area (Å²) in [4.78, 5) is 30.8. The fraction of sp³-hybridized carbons (Fsp3) is 0.483. The number of anilines is 2. The van der Waals surface area contributed by atoms with Crippen LogP contribution in [0.2, 0.25) is 5.02 Å². The smallest absolute Gasteiger partial charge is 0.226 e. The Hall–Kier alpha value is -2.99. The largest absolute Gasteiger partial charge is 0.357 e. The number of piperazine rings is 1. The Labute approximate surface area is 247 Å². The Bertz CT molecular complexity index is 1500. The van der Waals surface area contributed by atoms with Crippen molar-refractivity contribution in [3.63, 3.8) is 0 Å². The summed E-state index contributed by atoms with van der Waals surface area (Å²) in [6.07, 6.45) is 6.08. The number of fused-ring (bicyclic) bond motifs is 1. The van der Waals surface area contributed by atoms with Crippen LogP contribution >= 0.6 is 11.6 Å². The Balaban J connectivity index is 1.24. The number of piperidine rings is 1. The van der Waals surface area contributed by atoms with E-state index in [0.29, 0.717) is 29.1 Å². The summed E-state index contributed by atoms with van der Waals surface area (Å²) in [6.45, 7) is 8.78. The van der Waals surface area contributed by atoms with Gasteiger partial charge in [0.05, 0.1) is 6.04 Å². The Kier molecular flexibility index (Phi) is 8.70. The van der Waals surface area contributed by atoms with Gasteiger partial charge in [-0.1, -0.05) is 23.7 Å². The summed E-state index contributed by atoms with van der Waals surface area (Å²) < 4.78 is 29.2. The van der Waals surface area contributed by atoms with Gasteiger partial charge in [0.25, 0.3) is 0 Å². The van der Waals surface area contributed by atoms with Crippen molar-refractivity contribution in [2.75, 3.05) is 56.6 Å². The number of aromatic amines is 1. The highest BCUT2D eigenvalue weighted by atomic mass is 35.5. The third-order valence-electron chi connectivity index (χ3n) is 8.25. The summed E-state index contributed by atoms with van der Waals surface area (Å²) in [5, 5.41) is 0.485. The molecule has 0 radical (unpaired) electrons. The molecule has 220 valence electrons. The number of carbonyl (C=O) groups is 1. The molecule has 12 heteroatoms. The number of rotatable bonds is 9. The molecule has 2 aliphatic rings. The molecule has 0 spiro atoms. The van der Waals surface area contributed by atoms with Gasteiger partial charge in [0, 0.05) is 75.3 Å². The topological polar surface area (TPSA) is 106 Å². The van der Waals surface area contributed by atoms with E-state index in [-0.39, 0.29) is 12.6 Å². The molecule has 3 aromatic rings. The molecular formula is C29H38ClN7O3S. The van der Waals surface area contributed by atoms with Crippen molar-refractivity contribution in [2.45, 2.75) is 37.1 Å². The number of aldehydes is 1. The standard InChI is InChI=1S/C29H38ClN7O3S/c1-5-27(26-14-22-6-7-23(30)15-25(22)32-26)41(39,40)36-16-20(2)37(24(18-36)19-38)17-21-9-12-35(13-10-21)28-8-11-31-29(33-28)34(3)4/h5-8,11,14-15,19-21,24,27,32H,1,9-10,12-13,16-18H2,2-4H3. The SMILES string of the molecule is C=CC(c1cc2ccc(Cl)cc2[nH]1)S(=O)(=O)N1CC(C)N(CC2CCN(c3ccnc(N(C)C)n3)CC2)C(C=O)C1. The fourth-order valence-corrected chi connectivity index (χ4v) is 7.95. The molecular weight excluding hydrogens is 562 g/mol. The molecule has 2 aromatic heterocycles. The van der Waals surface area contributed by atoms with Gasteiger partial charge in [-0.25, -0.2) is 13.4 Å².